The van der Waals surface area contributed by atoms with Crippen molar-refractivity contribution in [3.8, 4) is 11.3 Å². The fourth-order valence-electron chi connectivity index (χ4n) is 3.64. The molecule has 3 aromatic heterocycles. The Bertz CT molecular complexity index is 1080. The highest BCUT2D eigenvalue weighted by molar-refractivity contribution is 5.92. The van der Waals surface area contributed by atoms with Gasteiger partial charge in [-0.1, -0.05) is 0 Å². The summed E-state index contributed by atoms with van der Waals surface area (Å²) in [5.74, 6) is 1.83. The third-order valence-corrected chi connectivity index (χ3v) is 5.37. The molecule has 0 spiro atoms. The van der Waals surface area contributed by atoms with Crippen LogP contribution in [0.5, 0.6) is 0 Å². The molecule has 126 valence electrons. The number of H-pyrrole nitrogens is 1. The molecule has 1 aliphatic carbocycles. The first-order valence-electron chi connectivity index (χ1n) is 8.96. The number of aromatic nitrogens is 3. The number of pyridine rings is 1. The van der Waals surface area contributed by atoms with Gasteiger partial charge in [0.05, 0.1) is 11.7 Å². The van der Waals surface area contributed by atoms with Crippen LogP contribution >= 0.6 is 0 Å². The summed E-state index contributed by atoms with van der Waals surface area (Å²) in [7, 11) is 2.12. The van der Waals surface area contributed by atoms with Crippen LogP contribution in [-0.2, 0) is 7.05 Å². The van der Waals surface area contributed by atoms with Gasteiger partial charge in [0.15, 0.2) is 0 Å². The number of benzene rings is 1. The van der Waals surface area contributed by atoms with Gasteiger partial charge in [-0.25, -0.2) is 4.98 Å². The van der Waals surface area contributed by atoms with Crippen molar-refractivity contribution in [3.05, 3.63) is 48.3 Å². The summed E-state index contributed by atoms with van der Waals surface area (Å²) in [5.41, 5.74) is 6.14. The van der Waals surface area contributed by atoms with Crippen molar-refractivity contribution in [1.29, 1.82) is 0 Å². The minimum atomic E-state index is 0.847. The Kier molecular flexibility index (Phi) is 3.14. The quantitative estimate of drug-likeness (QED) is 0.562. The van der Waals surface area contributed by atoms with Crippen molar-refractivity contribution in [2.75, 3.05) is 11.9 Å². The number of aryl methyl sites for hydroxylation is 2. The molecule has 25 heavy (non-hydrogen) atoms. The third kappa shape index (κ3) is 2.49. The molecule has 3 heterocycles. The molecule has 5 rings (SSSR count). The van der Waals surface area contributed by atoms with Crippen LogP contribution in [0.15, 0.2) is 42.7 Å². The number of nitrogens with zero attached hydrogens (tertiary/aromatic N) is 2. The van der Waals surface area contributed by atoms with Crippen molar-refractivity contribution in [3.63, 3.8) is 0 Å². The van der Waals surface area contributed by atoms with Gasteiger partial charge in [-0.05, 0) is 61.6 Å². The Hall–Kier alpha value is -2.75. The highest BCUT2D eigenvalue weighted by Crippen LogP contribution is 2.33. The summed E-state index contributed by atoms with van der Waals surface area (Å²) >= 11 is 0. The molecular formula is C21H22N4. The molecule has 0 bridgehead atoms. The Morgan fingerprint density at radius 2 is 2.08 bits per heavy atom. The van der Waals surface area contributed by atoms with E-state index in [9.17, 15) is 0 Å². The molecule has 4 heteroatoms. The molecule has 0 atom stereocenters. The SMILES string of the molecule is Cc1cc2[nH]ccc2cc1-c1cc2cc(NCC3CC3)ncc2n1C. The molecule has 0 saturated heterocycles. The van der Waals surface area contributed by atoms with E-state index >= 15 is 0 Å². The maximum Gasteiger partial charge on any atom is 0.126 e. The predicted molar refractivity (Wildman–Crippen MR) is 104 cm³/mol. The highest BCUT2D eigenvalue weighted by Gasteiger charge is 2.21. The standard InChI is InChI=1S/C21H22N4/c1-13-7-18-15(5-6-22-18)8-17(13)19-9-16-10-21(23-11-14-3-4-14)24-12-20(16)25(19)2/h5-10,12,14,22H,3-4,11H2,1-2H3,(H,23,24). The van der Waals surface area contributed by atoms with Crippen LogP contribution < -0.4 is 5.32 Å². The molecule has 1 fully saturated rings. The van der Waals surface area contributed by atoms with Gasteiger partial charge >= 0.3 is 0 Å². The predicted octanol–water partition coefficient (Wildman–Crippen LogP) is 4.85. The zero-order chi connectivity index (χ0) is 17.0. The summed E-state index contributed by atoms with van der Waals surface area (Å²) in [5, 5.41) is 5.96. The Morgan fingerprint density at radius 3 is 2.92 bits per heavy atom. The second kappa shape index (κ2) is 5.38. The van der Waals surface area contributed by atoms with Crippen molar-refractivity contribution < 1.29 is 0 Å². The van der Waals surface area contributed by atoms with Crippen LogP contribution in [0, 0.1) is 12.8 Å². The van der Waals surface area contributed by atoms with Crippen LogP contribution in [0.4, 0.5) is 5.82 Å². The van der Waals surface area contributed by atoms with E-state index in [1.165, 1.54) is 51.5 Å². The maximum absolute atomic E-state index is 4.60. The van der Waals surface area contributed by atoms with Crippen molar-refractivity contribution in [2.24, 2.45) is 13.0 Å². The second-order valence-electron chi connectivity index (χ2n) is 7.27. The van der Waals surface area contributed by atoms with E-state index in [-0.39, 0.29) is 0 Å². The molecule has 0 unspecified atom stereocenters. The first-order chi connectivity index (χ1) is 12.2. The van der Waals surface area contributed by atoms with Gasteiger partial charge in [-0.3, -0.25) is 0 Å². The normalized spacial score (nSPS) is 14.5. The number of hydrogen-bond acceptors (Lipinski definition) is 2. The van der Waals surface area contributed by atoms with E-state index in [1.54, 1.807) is 0 Å². The first-order valence-corrected chi connectivity index (χ1v) is 8.96. The molecule has 0 aliphatic heterocycles. The Morgan fingerprint density at radius 1 is 1.20 bits per heavy atom. The largest absolute Gasteiger partial charge is 0.370 e. The smallest absolute Gasteiger partial charge is 0.126 e. The maximum atomic E-state index is 4.60. The number of rotatable bonds is 4. The summed E-state index contributed by atoms with van der Waals surface area (Å²) < 4.78 is 2.24. The van der Waals surface area contributed by atoms with Gasteiger partial charge < -0.3 is 14.9 Å². The summed E-state index contributed by atoms with van der Waals surface area (Å²) in [6.45, 7) is 3.22. The fourth-order valence-corrected chi connectivity index (χ4v) is 3.64. The monoisotopic (exact) mass is 330 g/mol. The number of fused-ring (bicyclic) bond motifs is 2. The highest BCUT2D eigenvalue weighted by atomic mass is 15.0. The molecule has 0 amide bonds. The van der Waals surface area contributed by atoms with Crippen molar-refractivity contribution >= 4 is 27.6 Å². The van der Waals surface area contributed by atoms with E-state index in [1.807, 2.05) is 12.4 Å². The van der Waals surface area contributed by atoms with Crippen LogP contribution in [0.1, 0.15) is 18.4 Å². The third-order valence-electron chi connectivity index (χ3n) is 5.37. The lowest BCUT2D eigenvalue weighted by molar-refractivity contribution is 0.883. The zero-order valence-corrected chi connectivity index (χ0v) is 14.6. The van der Waals surface area contributed by atoms with E-state index in [4.69, 9.17) is 0 Å². The summed E-state index contributed by atoms with van der Waals surface area (Å²) in [6.07, 6.45) is 6.69. The summed E-state index contributed by atoms with van der Waals surface area (Å²) in [6, 6.07) is 11.1. The van der Waals surface area contributed by atoms with Crippen LogP contribution in [0.3, 0.4) is 0 Å². The van der Waals surface area contributed by atoms with Gasteiger partial charge in [0.25, 0.3) is 0 Å². The number of anilines is 1. The minimum absolute atomic E-state index is 0.847. The molecule has 4 aromatic rings. The molecule has 1 saturated carbocycles. The van der Waals surface area contributed by atoms with Gasteiger partial charge in [0, 0.05) is 47.3 Å². The lowest BCUT2D eigenvalue weighted by Crippen LogP contribution is -2.04. The number of nitrogens with one attached hydrogen (secondary N) is 2. The lowest BCUT2D eigenvalue weighted by Gasteiger charge is -2.09. The van der Waals surface area contributed by atoms with Crippen LogP contribution in [0.25, 0.3) is 33.1 Å². The first kappa shape index (κ1) is 14.6. The lowest BCUT2D eigenvalue weighted by atomic mass is 10.0. The molecular weight excluding hydrogens is 308 g/mol. The number of hydrogen-bond donors (Lipinski definition) is 2. The fraction of sp³-hybridized carbons (Fsp3) is 0.286. The van der Waals surface area contributed by atoms with Crippen LogP contribution in [0.2, 0.25) is 0 Å². The average Bonchev–Trinajstić information content (AvgIpc) is 3.24. The van der Waals surface area contributed by atoms with Crippen LogP contribution in [-0.4, -0.2) is 21.1 Å². The van der Waals surface area contributed by atoms with Gasteiger partial charge in [-0.15, -0.1) is 0 Å². The molecule has 1 aromatic carbocycles. The Balaban J connectivity index is 1.59. The average molecular weight is 330 g/mol. The summed E-state index contributed by atoms with van der Waals surface area (Å²) in [4.78, 5) is 7.89. The Labute approximate surface area is 146 Å². The molecule has 1 aliphatic rings. The topological polar surface area (TPSA) is 45.6 Å². The van der Waals surface area contributed by atoms with Gasteiger partial charge in [0.2, 0.25) is 0 Å². The van der Waals surface area contributed by atoms with Gasteiger partial charge in [0.1, 0.15) is 5.82 Å². The molecule has 4 nitrogen and oxygen atoms in total. The van der Waals surface area contributed by atoms with Crippen molar-refractivity contribution in [1.82, 2.24) is 14.5 Å². The molecule has 0 radical (unpaired) electrons. The van der Waals surface area contributed by atoms with E-state index in [0.717, 1.165) is 18.3 Å². The molecule has 2 N–H and O–H groups in total. The van der Waals surface area contributed by atoms with E-state index in [0.29, 0.717) is 0 Å². The van der Waals surface area contributed by atoms with Gasteiger partial charge in [-0.2, -0.15) is 0 Å². The van der Waals surface area contributed by atoms with Crippen molar-refractivity contribution in [2.45, 2.75) is 19.8 Å². The zero-order valence-electron chi connectivity index (χ0n) is 14.6. The number of aromatic amines is 1. The van der Waals surface area contributed by atoms with E-state index in [2.05, 4.69) is 64.2 Å². The van der Waals surface area contributed by atoms with E-state index < -0.39 is 0 Å². The second-order valence-corrected chi connectivity index (χ2v) is 7.27. The minimum Gasteiger partial charge on any atom is -0.370 e.